The minimum absolute atomic E-state index is 0.214. The van der Waals surface area contributed by atoms with E-state index in [-0.39, 0.29) is 25.0 Å². The molecule has 1 aliphatic heterocycles. The van der Waals surface area contributed by atoms with Crippen LogP contribution in [0.25, 0.3) is 0 Å². The minimum Gasteiger partial charge on any atom is -0.491 e. The lowest BCUT2D eigenvalue weighted by Crippen LogP contribution is -2.33. The van der Waals surface area contributed by atoms with Gasteiger partial charge in [0.15, 0.2) is 0 Å². The summed E-state index contributed by atoms with van der Waals surface area (Å²) in [5.74, 6) is 0.326. The number of rotatable bonds is 42. The van der Waals surface area contributed by atoms with E-state index in [1.165, 1.54) is 55.4 Å². The Hall–Kier alpha value is -3.02. The maximum Gasteiger partial charge on any atom is 0.261 e. The lowest BCUT2D eigenvalue weighted by atomic mass is 10.0. The third kappa shape index (κ3) is 24.7. The van der Waals surface area contributed by atoms with Crippen LogP contribution >= 0.6 is 0 Å². The van der Waals surface area contributed by atoms with Crippen molar-refractivity contribution >= 4 is 11.8 Å². The Morgan fingerprint density at radius 3 is 1.12 bits per heavy atom. The van der Waals surface area contributed by atoms with Gasteiger partial charge in [0, 0.05) is 0 Å². The van der Waals surface area contributed by atoms with Gasteiger partial charge in [-0.25, -0.2) is 0 Å². The average molecular weight is 834 g/mol. The fourth-order valence-corrected chi connectivity index (χ4v) is 5.94. The van der Waals surface area contributed by atoms with Crippen LogP contribution in [-0.2, 0) is 53.8 Å². The maximum absolute atomic E-state index is 12.3. The summed E-state index contributed by atoms with van der Waals surface area (Å²) in [6, 6.07) is 15.3. The molecule has 2 aromatic rings. The van der Waals surface area contributed by atoms with Crippen LogP contribution in [0.4, 0.5) is 0 Å². The lowest BCUT2D eigenvalue weighted by Gasteiger charge is -2.13. The molecule has 0 N–H and O–H groups in total. The van der Waals surface area contributed by atoms with Gasteiger partial charge in [-0.2, -0.15) is 0 Å². The molecule has 334 valence electrons. The van der Waals surface area contributed by atoms with E-state index in [0.29, 0.717) is 143 Å². The first-order valence-corrected chi connectivity index (χ1v) is 21.6. The van der Waals surface area contributed by atoms with E-state index in [1.807, 2.05) is 0 Å². The largest absolute Gasteiger partial charge is 0.491 e. The Balaban J connectivity index is 0.921. The van der Waals surface area contributed by atoms with Crippen molar-refractivity contribution in [2.45, 2.75) is 58.3 Å². The van der Waals surface area contributed by atoms with Gasteiger partial charge in [0.05, 0.1) is 150 Å². The van der Waals surface area contributed by atoms with Gasteiger partial charge in [0.2, 0.25) is 0 Å². The zero-order chi connectivity index (χ0) is 41.7. The van der Waals surface area contributed by atoms with Gasteiger partial charge in [0.25, 0.3) is 11.8 Å². The van der Waals surface area contributed by atoms with Crippen molar-refractivity contribution in [3.63, 3.8) is 0 Å². The molecule has 14 nitrogen and oxygen atoms in total. The third-order valence-electron chi connectivity index (χ3n) is 9.17. The average Bonchev–Trinajstić information content (AvgIpc) is 3.50. The molecule has 0 atom stereocenters. The Morgan fingerprint density at radius 1 is 0.390 bits per heavy atom. The van der Waals surface area contributed by atoms with E-state index in [1.54, 1.807) is 24.3 Å². The number of nitrogens with zero attached hydrogens (tertiary/aromatic N) is 1. The molecular weight excluding hydrogens is 762 g/mol. The van der Waals surface area contributed by atoms with Crippen molar-refractivity contribution in [1.82, 2.24) is 4.90 Å². The molecule has 2 aromatic carbocycles. The second-order valence-corrected chi connectivity index (χ2v) is 13.8. The molecule has 0 radical (unpaired) electrons. The Kier molecular flexibility index (Phi) is 30.5. The van der Waals surface area contributed by atoms with Gasteiger partial charge in [-0.05, 0) is 42.7 Å². The van der Waals surface area contributed by atoms with Crippen molar-refractivity contribution in [1.29, 1.82) is 0 Å². The summed E-state index contributed by atoms with van der Waals surface area (Å²) in [6.45, 7) is 12.3. The number of hydrogen-bond acceptors (Lipinski definition) is 13. The van der Waals surface area contributed by atoms with E-state index in [4.69, 9.17) is 52.1 Å². The minimum atomic E-state index is -0.277. The fourth-order valence-electron chi connectivity index (χ4n) is 5.94. The topological polar surface area (TPSA) is 139 Å². The molecular formula is C45H71NO13. The quantitative estimate of drug-likeness (QED) is 0.0587. The van der Waals surface area contributed by atoms with Gasteiger partial charge >= 0.3 is 0 Å². The monoisotopic (exact) mass is 833 g/mol. The van der Waals surface area contributed by atoms with Crippen LogP contribution in [0.15, 0.2) is 48.5 Å². The van der Waals surface area contributed by atoms with Gasteiger partial charge in [-0.3, -0.25) is 14.5 Å². The van der Waals surface area contributed by atoms with Crippen LogP contribution in [0.1, 0.15) is 78.1 Å². The van der Waals surface area contributed by atoms with Crippen LogP contribution < -0.4 is 4.74 Å². The van der Waals surface area contributed by atoms with E-state index in [0.717, 1.165) is 12.2 Å². The molecule has 0 spiro atoms. The summed E-state index contributed by atoms with van der Waals surface area (Å²) >= 11 is 0. The molecule has 0 aliphatic carbocycles. The summed E-state index contributed by atoms with van der Waals surface area (Å²) in [6.07, 6.45) is 10.5. The number of aryl methyl sites for hydroxylation is 1. The highest BCUT2D eigenvalue weighted by Gasteiger charge is 2.34. The van der Waals surface area contributed by atoms with Crippen LogP contribution in [-0.4, -0.2) is 162 Å². The van der Waals surface area contributed by atoms with Crippen LogP contribution in [0.2, 0.25) is 0 Å². The van der Waals surface area contributed by atoms with E-state index in [9.17, 15) is 9.59 Å². The van der Waals surface area contributed by atoms with Crippen molar-refractivity contribution in [3.05, 3.63) is 65.2 Å². The van der Waals surface area contributed by atoms with Crippen LogP contribution in [0, 0.1) is 0 Å². The molecule has 59 heavy (non-hydrogen) atoms. The third-order valence-corrected chi connectivity index (χ3v) is 9.17. The molecule has 1 aliphatic rings. The first-order valence-electron chi connectivity index (χ1n) is 21.6. The van der Waals surface area contributed by atoms with E-state index >= 15 is 0 Å². The smallest absolute Gasteiger partial charge is 0.261 e. The highest BCUT2D eigenvalue weighted by Crippen LogP contribution is 2.22. The molecule has 0 aromatic heterocycles. The van der Waals surface area contributed by atoms with E-state index in [2.05, 4.69) is 31.2 Å². The summed E-state index contributed by atoms with van der Waals surface area (Å²) in [5, 5.41) is 0. The van der Waals surface area contributed by atoms with Crippen molar-refractivity contribution in [2.24, 2.45) is 0 Å². The zero-order valence-corrected chi connectivity index (χ0v) is 35.6. The number of hydrogen-bond donors (Lipinski definition) is 0. The second kappa shape index (κ2) is 35.7. The molecule has 0 unspecified atom stereocenters. The number of imide groups is 1. The number of unbranched alkanes of at least 4 members (excludes halogenated alkanes) is 6. The Morgan fingerprint density at radius 2 is 0.729 bits per heavy atom. The number of amides is 2. The number of fused-ring (bicyclic) bond motifs is 1. The molecule has 0 saturated carbocycles. The summed E-state index contributed by atoms with van der Waals surface area (Å²) < 4.78 is 61.0. The molecule has 0 fully saturated rings. The highest BCUT2D eigenvalue weighted by atomic mass is 16.6. The van der Waals surface area contributed by atoms with Gasteiger partial charge in [-0.1, -0.05) is 69.7 Å². The first-order chi connectivity index (χ1) is 29.2. The summed E-state index contributed by atoms with van der Waals surface area (Å²) in [4.78, 5) is 25.9. The second-order valence-electron chi connectivity index (χ2n) is 13.8. The summed E-state index contributed by atoms with van der Waals surface area (Å²) in [5.41, 5.74) is 2.26. The number of carbonyl (C=O) groups is 2. The summed E-state index contributed by atoms with van der Waals surface area (Å²) in [7, 11) is 0. The Labute approximate surface area is 352 Å². The van der Waals surface area contributed by atoms with Crippen LogP contribution in [0.3, 0.4) is 0 Å². The van der Waals surface area contributed by atoms with Gasteiger partial charge < -0.3 is 52.1 Å². The zero-order valence-electron chi connectivity index (χ0n) is 35.6. The Bertz CT molecular complexity index is 1280. The molecule has 14 heteroatoms. The molecule has 2 amide bonds. The number of ether oxygens (including phenoxy) is 11. The molecule has 0 saturated heterocycles. The van der Waals surface area contributed by atoms with Crippen molar-refractivity contribution in [2.75, 3.05) is 145 Å². The predicted octanol–water partition coefficient (Wildman–Crippen LogP) is 5.82. The van der Waals surface area contributed by atoms with Crippen molar-refractivity contribution in [3.8, 4) is 5.75 Å². The van der Waals surface area contributed by atoms with E-state index < -0.39 is 0 Å². The first kappa shape index (κ1) is 50.3. The normalized spacial score (nSPS) is 12.5. The molecule has 3 rings (SSSR count). The van der Waals surface area contributed by atoms with Crippen LogP contribution in [0.5, 0.6) is 5.75 Å². The maximum atomic E-state index is 12.3. The number of benzene rings is 2. The van der Waals surface area contributed by atoms with Crippen molar-refractivity contribution < 1.29 is 61.7 Å². The SMILES string of the molecule is CCCCCCCCCc1ccc(OCCOCCOCCOCCOCCOCCOCCOCCOCCOCCOCCN2C(=O)c3ccccc3C2=O)cc1. The number of carbonyl (C=O) groups excluding carboxylic acids is 2. The predicted molar refractivity (Wildman–Crippen MR) is 224 cm³/mol. The fraction of sp³-hybridized carbons (Fsp3) is 0.689. The molecule has 0 bridgehead atoms. The van der Waals surface area contributed by atoms with Gasteiger partial charge in [0.1, 0.15) is 12.4 Å². The molecule has 1 heterocycles. The standard InChI is InChI=1S/C45H71NO13/c1-2-3-4-5-6-7-8-11-40-14-16-41(17-15-40)59-39-38-58-37-36-57-35-34-56-33-32-55-31-30-54-29-28-53-27-26-52-25-24-51-23-22-50-21-20-49-19-18-46-44(47)42-12-9-10-13-43(42)45(46)48/h9-10,12-17H,2-8,11,18-39H2,1H3. The highest BCUT2D eigenvalue weighted by molar-refractivity contribution is 6.21. The van der Waals surface area contributed by atoms with Gasteiger partial charge in [-0.15, -0.1) is 0 Å². The lowest BCUT2D eigenvalue weighted by molar-refractivity contribution is -0.0268.